The van der Waals surface area contributed by atoms with Crippen LogP contribution >= 0.6 is 0 Å². The van der Waals surface area contributed by atoms with Gasteiger partial charge in [0, 0.05) is 26.2 Å². The first-order valence-corrected chi connectivity index (χ1v) is 7.03. The number of hydrogen-bond donors (Lipinski definition) is 1. The lowest BCUT2D eigenvalue weighted by Gasteiger charge is -2.31. The molecule has 1 aliphatic rings. The zero-order valence-electron chi connectivity index (χ0n) is 12.0. The van der Waals surface area contributed by atoms with E-state index >= 15 is 0 Å². The number of aryl methyl sites for hydroxylation is 2. The Labute approximate surface area is 118 Å². The number of aromatic nitrogens is 2. The van der Waals surface area contributed by atoms with Gasteiger partial charge in [0.05, 0.1) is 17.6 Å². The van der Waals surface area contributed by atoms with E-state index in [9.17, 15) is 4.79 Å². The van der Waals surface area contributed by atoms with Crippen molar-refractivity contribution in [1.29, 1.82) is 0 Å². The average molecular weight is 272 g/mol. The zero-order chi connectivity index (χ0) is 14.1. The van der Waals surface area contributed by atoms with Crippen LogP contribution in [-0.4, -0.2) is 52.4 Å². The Balaban J connectivity index is 1.73. The first kappa shape index (κ1) is 13.1. The number of nitrogens with one attached hydrogen (secondary N) is 1. The van der Waals surface area contributed by atoms with Gasteiger partial charge in [-0.1, -0.05) is 0 Å². The standard InChI is InChI=1S/C15H20N4O/c1-11-7-13-14(8-12(11)2)17-15(16-13)9-18-3-5-19(10-20)6-4-18/h7-8,10H,3-6,9H2,1-2H3,(H,16,17). The molecule has 1 fully saturated rings. The van der Waals surface area contributed by atoms with Gasteiger partial charge in [-0.05, 0) is 37.1 Å². The molecule has 3 rings (SSSR count). The van der Waals surface area contributed by atoms with Gasteiger partial charge in [0.25, 0.3) is 0 Å². The van der Waals surface area contributed by atoms with Crippen LogP contribution < -0.4 is 0 Å². The molecule has 2 heterocycles. The number of H-pyrrole nitrogens is 1. The molecular weight excluding hydrogens is 252 g/mol. The van der Waals surface area contributed by atoms with Crippen LogP contribution in [0.1, 0.15) is 17.0 Å². The van der Waals surface area contributed by atoms with Crippen molar-refractivity contribution in [2.45, 2.75) is 20.4 Å². The number of nitrogens with zero attached hydrogens (tertiary/aromatic N) is 3. The second kappa shape index (κ2) is 5.25. The highest BCUT2D eigenvalue weighted by Gasteiger charge is 2.16. The Morgan fingerprint density at radius 2 is 1.90 bits per heavy atom. The van der Waals surface area contributed by atoms with Crippen molar-refractivity contribution in [1.82, 2.24) is 19.8 Å². The zero-order valence-corrected chi connectivity index (χ0v) is 12.0. The molecule has 5 nitrogen and oxygen atoms in total. The molecule has 1 aromatic carbocycles. The van der Waals surface area contributed by atoms with E-state index in [4.69, 9.17) is 0 Å². The lowest BCUT2D eigenvalue weighted by atomic mass is 10.1. The summed E-state index contributed by atoms with van der Waals surface area (Å²) in [7, 11) is 0. The first-order chi connectivity index (χ1) is 9.65. The first-order valence-electron chi connectivity index (χ1n) is 7.03. The Hall–Kier alpha value is -1.88. The molecule has 1 aliphatic heterocycles. The summed E-state index contributed by atoms with van der Waals surface area (Å²) in [6, 6.07) is 4.29. The van der Waals surface area contributed by atoms with Crippen molar-refractivity contribution < 1.29 is 4.79 Å². The van der Waals surface area contributed by atoms with E-state index in [-0.39, 0.29) is 0 Å². The van der Waals surface area contributed by atoms with E-state index < -0.39 is 0 Å². The number of hydrogen-bond acceptors (Lipinski definition) is 3. The predicted octanol–water partition coefficient (Wildman–Crippen LogP) is 1.45. The maximum absolute atomic E-state index is 10.7. The minimum atomic E-state index is 0.807. The molecule has 0 unspecified atom stereocenters. The largest absolute Gasteiger partial charge is 0.343 e. The highest BCUT2D eigenvalue weighted by atomic mass is 16.1. The molecule has 0 saturated carbocycles. The third-order valence-electron chi connectivity index (χ3n) is 4.08. The summed E-state index contributed by atoms with van der Waals surface area (Å²) in [5, 5.41) is 0. The van der Waals surface area contributed by atoms with Crippen molar-refractivity contribution in [3.63, 3.8) is 0 Å². The Morgan fingerprint density at radius 3 is 2.60 bits per heavy atom. The van der Waals surface area contributed by atoms with E-state index in [1.807, 2.05) is 4.90 Å². The minimum absolute atomic E-state index is 0.807. The van der Waals surface area contributed by atoms with Crippen LogP contribution in [0.2, 0.25) is 0 Å². The fraction of sp³-hybridized carbons (Fsp3) is 0.467. The quantitative estimate of drug-likeness (QED) is 0.861. The summed E-state index contributed by atoms with van der Waals surface area (Å²) in [5.41, 5.74) is 4.70. The third kappa shape index (κ3) is 2.54. The normalized spacial score (nSPS) is 16.8. The van der Waals surface area contributed by atoms with Crippen LogP contribution in [0.5, 0.6) is 0 Å². The van der Waals surface area contributed by atoms with Crippen molar-refractivity contribution in [2.75, 3.05) is 26.2 Å². The van der Waals surface area contributed by atoms with E-state index in [1.54, 1.807) is 0 Å². The molecule has 0 bridgehead atoms. The van der Waals surface area contributed by atoms with Gasteiger partial charge in [-0.15, -0.1) is 0 Å². The Bertz CT molecular complexity index is 587. The van der Waals surface area contributed by atoms with E-state index in [0.29, 0.717) is 0 Å². The van der Waals surface area contributed by atoms with Crippen molar-refractivity contribution >= 4 is 17.4 Å². The minimum Gasteiger partial charge on any atom is -0.343 e. The number of aromatic amines is 1. The highest BCUT2D eigenvalue weighted by Crippen LogP contribution is 2.18. The van der Waals surface area contributed by atoms with E-state index in [2.05, 4.69) is 40.8 Å². The molecule has 1 N–H and O–H groups in total. The highest BCUT2D eigenvalue weighted by molar-refractivity contribution is 5.77. The van der Waals surface area contributed by atoms with Crippen LogP contribution in [0.25, 0.3) is 11.0 Å². The number of imidazole rings is 1. The monoisotopic (exact) mass is 272 g/mol. The van der Waals surface area contributed by atoms with Gasteiger partial charge in [0.2, 0.25) is 6.41 Å². The molecule has 5 heteroatoms. The molecule has 0 aliphatic carbocycles. The number of rotatable bonds is 3. The van der Waals surface area contributed by atoms with Crippen molar-refractivity contribution in [3.8, 4) is 0 Å². The molecule has 1 aromatic heterocycles. The van der Waals surface area contributed by atoms with Crippen LogP contribution in [0.4, 0.5) is 0 Å². The summed E-state index contributed by atoms with van der Waals surface area (Å²) in [6.45, 7) is 8.49. The summed E-state index contributed by atoms with van der Waals surface area (Å²) < 4.78 is 0. The van der Waals surface area contributed by atoms with Gasteiger partial charge in [0.15, 0.2) is 0 Å². The van der Waals surface area contributed by atoms with Gasteiger partial charge in [-0.2, -0.15) is 0 Å². The average Bonchev–Trinajstić information content (AvgIpc) is 2.81. The Kier molecular flexibility index (Phi) is 3.44. The van der Waals surface area contributed by atoms with E-state index in [1.165, 1.54) is 11.1 Å². The number of carbonyl (C=O) groups excluding carboxylic acids is 1. The second-order valence-electron chi connectivity index (χ2n) is 5.55. The molecule has 0 atom stereocenters. The van der Waals surface area contributed by atoms with Gasteiger partial charge >= 0.3 is 0 Å². The van der Waals surface area contributed by atoms with Crippen LogP contribution in [0.3, 0.4) is 0 Å². The van der Waals surface area contributed by atoms with Crippen LogP contribution in [0, 0.1) is 13.8 Å². The van der Waals surface area contributed by atoms with Gasteiger partial charge in [-0.25, -0.2) is 4.98 Å². The number of amides is 1. The molecule has 2 aromatic rings. The number of fused-ring (bicyclic) bond motifs is 1. The summed E-state index contributed by atoms with van der Waals surface area (Å²) >= 11 is 0. The fourth-order valence-electron chi connectivity index (χ4n) is 2.64. The van der Waals surface area contributed by atoms with Gasteiger partial charge in [-0.3, -0.25) is 9.69 Å². The van der Waals surface area contributed by atoms with Gasteiger partial charge in [0.1, 0.15) is 5.82 Å². The molecular formula is C15H20N4O. The molecule has 20 heavy (non-hydrogen) atoms. The van der Waals surface area contributed by atoms with Crippen LogP contribution in [-0.2, 0) is 11.3 Å². The predicted molar refractivity (Wildman–Crippen MR) is 78.5 cm³/mol. The third-order valence-corrected chi connectivity index (χ3v) is 4.08. The molecule has 106 valence electrons. The topological polar surface area (TPSA) is 52.2 Å². The van der Waals surface area contributed by atoms with E-state index in [0.717, 1.165) is 56.0 Å². The van der Waals surface area contributed by atoms with Crippen molar-refractivity contribution in [3.05, 3.63) is 29.1 Å². The molecule has 0 radical (unpaired) electrons. The fourth-order valence-corrected chi connectivity index (χ4v) is 2.64. The summed E-state index contributed by atoms with van der Waals surface area (Å²) in [6.07, 6.45) is 0.935. The maximum atomic E-state index is 10.7. The molecule has 1 amide bonds. The summed E-state index contributed by atoms with van der Waals surface area (Å²) in [5.74, 6) is 1.00. The number of carbonyl (C=O) groups is 1. The summed E-state index contributed by atoms with van der Waals surface area (Å²) in [4.78, 5) is 22.9. The molecule has 1 saturated heterocycles. The lowest BCUT2D eigenvalue weighted by Crippen LogP contribution is -2.45. The lowest BCUT2D eigenvalue weighted by molar-refractivity contribution is -0.119. The number of benzene rings is 1. The SMILES string of the molecule is Cc1cc2nc(CN3CCN(C=O)CC3)[nH]c2cc1C. The molecule has 0 spiro atoms. The number of piperazine rings is 1. The Morgan fingerprint density at radius 1 is 1.20 bits per heavy atom. The smallest absolute Gasteiger partial charge is 0.209 e. The van der Waals surface area contributed by atoms with Gasteiger partial charge < -0.3 is 9.88 Å². The maximum Gasteiger partial charge on any atom is 0.209 e. The second-order valence-corrected chi connectivity index (χ2v) is 5.55. The van der Waals surface area contributed by atoms with Crippen LogP contribution in [0.15, 0.2) is 12.1 Å². The van der Waals surface area contributed by atoms with Crippen molar-refractivity contribution in [2.24, 2.45) is 0 Å².